The summed E-state index contributed by atoms with van der Waals surface area (Å²) < 4.78 is 27.3. The first-order valence-corrected chi connectivity index (χ1v) is 10.7. The third kappa shape index (κ3) is 4.42. The van der Waals surface area contributed by atoms with Crippen LogP contribution < -0.4 is 24.3 Å². The molecule has 0 aliphatic carbocycles. The molecule has 0 unspecified atom stereocenters. The first kappa shape index (κ1) is 23.5. The van der Waals surface area contributed by atoms with Crippen LogP contribution in [0.2, 0.25) is 10.0 Å². The normalized spacial score (nSPS) is 10.8. The molecule has 0 aliphatic rings. The van der Waals surface area contributed by atoms with Gasteiger partial charge in [-0.15, -0.1) is 0 Å². The molecule has 1 aromatic heterocycles. The molecule has 0 radical (unpaired) electrons. The van der Waals surface area contributed by atoms with Crippen molar-refractivity contribution in [3.8, 4) is 34.5 Å². The second-order valence-electron chi connectivity index (χ2n) is 7.04. The molecule has 0 aliphatic heterocycles. The highest BCUT2D eigenvalue weighted by atomic mass is 35.5. The van der Waals surface area contributed by atoms with E-state index in [1.165, 1.54) is 40.6 Å². The fraction of sp³-hybridized carbons (Fsp3) is 0.167. The maximum Gasteiger partial charge on any atom is 0.259 e. The highest BCUT2D eigenvalue weighted by Gasteiger charge is 2.19. The Morgan fingerprint density at radius 2 is 1.56 bits per heavy atom. The molecule has 0 spiro atoms. The van der Waals surface area contributed by atoms with Crippen LogP contribution in [0.25, 0.3) is 22.6 Å². The molecule has 0 saturated carbocycles. The Kier molecular flexibility index (Phi) is 6.72. The van der Waals surface area contributed by atoms with Crippen molar-refractivity contribution in [2.45, 2.75) is 0 Å². The summed E-state index contributed by atoms with van der Waals surface area (Å²) in [4.78, 5) is 17.4. The van der Waals surface area contributed by atoms with Crippen molar-refractivity contribution >= 4 is 45.9 Å². The van der Waals surface area contributed by atoms with Crippen LogP contribution in [0.1, 0.15) is 10.4 Å². The van der Waals surface area contributed by atoms with E-state index in [9.17, 15) is 4.79 Å². The molecule has 0 fully saturated rings. The lowest BCUT2D eigenvalue weighted by atomic mass is 10.1. The number of halogens is 2. The monoisotopic (exact) mass is 502 g/mol. The smallest absolute Gasteiger partial charge is 0.259 e. The van der Waals surface area contributed by atoms with Crippen molar-refractivity contribution in [2.24, 2.45) is 0 Å². The zero-order valence-corrected chi connectivity index (χ0v) is 20.2. The van der Waals surface area contributed by atoms with Crippen LogP contribution in [0, 0.1) is 0 Å². The molecule has 0 bridgehead atoms. The largest absolute Gasteiger partial charge is 0.494 e. The van der Waals surface area contributed by atoms with Crippen molar-refractivity contribution in [1.29, 1.82) is 0 Å². The fourth-order valence-electron chi connectivity index (χ4n) is 3.47. The first-order chi connectivity index (χ1) is 16.4. The van der Waals surface area contributed by atoms with Gasteiger partial charge in [-0.25, -0.2) is 4.98 Å². The van der Waals surface area contributed by atoms with Gasteiger partial charge in [-0.3, -0.25) is 4.79 Å². The van der Waals surface area contributed by atoms with Gasteiger partial charge in [-0.2, -0.15) is 0 Å². The van der Waals surface area contributed by atoms with Crippen LogP contribution in [0.3, 0.4) is 0 Å². The molecule has 1 heterocycles. The number of carbonyl (C=O) groups excluding carboxylic acids is 1. The minimum Gasteiger partial charge on any atom is -0.494 e. The van der Waals surface area contributed by atoms with Gasteiger partial charge in [0.25, 0.3) is 5.91 Å². The highest BCUT2D eigenvalue weighted by molar-refractivity contribution is 6.36. The number of nitrogens with zero attached hydrogens (tertiary/aromatic N) is 1. The molecule has 4 aromatic rings. The lowest BCUT2D eigenvalue weighted by molar-refractivity contribution is 0.102. The van der Waals surface area contributed by atoms with Gasteiger partial charge in [0.15, 0.2) is 17.1 Å². The molecule has 0 saturated heterocycles. The number of aromatic nitrogens is 1. The summed E-state index contributed by atoms with van der Waals surface area (Å²) in [5, 5.41) is 3.36. The van der Waals surface area contributed by atoms with Crippen molar-refractivity contribution in [1.82, 2.24) is 4.98 Å². The summed E-state index contributed by atoms with van der Waals surface area (Å²) in [5.74, 6) is 1.56. The Hall–Kier alpha value is -3.62. The number of fused-ring (bicyclic) bond motifs is 1. The predicted octanol–water partition coefficient (Wildman–Crippen LogP) is 6.09. The number of benzene rings is 3. The summed E-state index contributed by atoms with van der Waals surface area (Å²) in [6.45, 7) is 0. The minimum absolute atomic E-state index is 0.207. The molecule has 34 heavy (non-hydrogen) atoms. The van der Waals surface area contributed by atoms with Crippen LogP contribution in [0.5, 0.6) is 23.0 Å². The van der Waals surface area contributed by atoms with E-state index >= 15 is 0 Å². The highest BCUT2D eigenvalue weighted by Crippen LogP contribution is 2.41. The van der Waals surface area contributed by atoms with Crippen LogP contribution in [-0.4, -0.2) is 39.3 Å². The van der Waals surface area contributed by atoms with Crippen molar-refractivity contribution in [2.75, 3.05) is 33.8 Å². The van der Waals surface area contributed by atoms with Gasteiger partial charge in [0.1, 0.15) is 11.3 Å². The van der Waals surface area contributed by atoms with Gasteiger partial charge < -0.3 is 28.7 Å². The van der Waals surface area contributed by atoms with E-state index in [-0.39, 0.29) is 16.3 Å². The number of nitrogens with one attached hydrogen (secondary N) is 1. The standard InChI is InChI=1S/C24H20Cl2N2O6/c1-30-19-7-12(8-20(31-2)22(19)33-4)24-28-17-11-14(5-6-18(17)34-24)27-23(29)15-9-13(25)10-16(26)21(15)32-3/h5-11H,1-4H3,(H,27,29). The number of carbonyl (C=O) groups is 1. The molecule has 3 aromatic carbocycles. The average molecular weight is 503 g/mol. The first-order valence-electron chi connectivity index (χ1n) is 9.93. The van der Waals surface area contributed by atoms with Crippen molar-refractivity contribution in [3.05, 3.63) is 58.1 Å². The van der Waals surface area contributed by atoms with E-state index in [1.54, 1.807) is 30.3 Å². The van der Waals surface area contributed by atoms with Gasteiger partial charge in [-0.1, -0.05) is 23.2 Å². The van der Waals surface area contributed by atoms with E-state index in [4.69, 9.17) is 46.6 Å². The Morgan fingerprint density at radius 3 is 2.18 bits per heavy atom. The van der Waals surface area contributed by atoms with E-state index in [1.807, 2.05) is 0 Å². The maximum atomic E-state index is 12.9. The summed E-state index contributed by atoms with van der Waals surface area (Å²) in [6, 6.07) is 11.6. The second kappa shape index (κ2) is 9.70. The maximum absolute atomic E-state index is 12.9. The van der Waals surface area contributed by atoms with Gasteiger partial charge in [-0.05, 0) is 42.5 Å². The van der Waals surface area contributed by atoms with Crippen LogP contribution in [0.4, 0.5) is 5.69 Å². The van der Waals surface area contributed by atoms with E-state index in [2.05, 4.69) is 10.3 Å². The zero-order valence-electron chi connectivity index (χ0n) is 18.7. The van der Waals surface area contributed by atoms with E-state index < -0.39 is 5.91 Å². The Morgan fingerprint density at radius 1 is 0.882 bits per heavy atom. The SMILES string of the molecule is COc1cc(-c2nc3cc(NC(=O)c4cc(Cl)cc(Cl)c4OC)ccc3o2)cc(OC)c1OC. The number of methoxy groups -OCH3 is 4. The number of hydrogen-bond donors (Lipinski definition) is 1. The van der Waals surface area contributed by atoms with E-state index in [0.717, 1.165) is 0 Å². The quantitative estimate of drug-likeness (QED) is 0.326. The second-order valence-corrected chi connectivity index (χ2v) is 7.88. The minimum atomic E-state index is -0.436. The summed E-state index contributed by atoms with van der Waals surface area (Å²) in [5.41, 5.74) is 2.41. The molecule has 1 amide bonds. The topological polar surface area (TPSA) is 92.1 Å². The number of amides is 1. The Bertz CT molecular complexity index is 1360. The zero-order chi connectivity index (χ0) is 24.4. The summed E-state index contributed by atoms with van der Waals surface area (Å²) in [6.07, 6.45) is 0. The number of ether oxygens (including phenoxy) is 4. The molecule has 176 valence electrons. The van der Waals surface area contributed by atoms with Gasteiger partial charge in [0.05, 0.1) is 39.0 Å². The number of anilines is 1. The summed E-state index contributed by atoms with van der Waals surface area (Å²) >= 11 is 12.2. The average Bonchev–Trinajstić information content (AvgIpc) is 3.26. The molecule has 4 rings (SSSR count). The van der Waals surface area contributed by atoms with Crippen LogP contribution >= 0.6 is 23.2 Å². The van der Waals surface area contributed by atoms with Crippen molar-refractivity contribution < 1.29 is 28.2 Å². The van der Waals surface area contributed by atoms with Gasteiger partial charge in [0.2, 0.25) is 11.6 Å². The molecular formula is C24H20Cl2N2O6. The number of oxazole rings is 1. The fourth-order valence-corrected chi connectivity index (χ4v) is 4.04. The van der Waals surface area contributed by atoms with Crippen molar-refractivity contribution in [3.63, 3.8) is 0 Å². The third-order valence-electron chi connectivity index (χ3n) is 5.01. The third-order valence-corrected chi connectivity index (χ3v) is 5.51. The van der Waals surface area contributed by atoms with Crippen LogP contribution in [0.15, 0.2) is 46.9 Å². The lowest BCUT2D eigenvalue weighted by Gasteiger charge is -2.12. The number of hydrogen-bond acceptors (Lipinski definition) is 7. The number of rotatable bonds is 7. The van der Waals surface area contributed by atoms with Gasteiger partial charge in [0, 0.05) is 16.3 Å². The summed E-state index contributed by atoms with van der Waals surface area (Å²) in [7, 11) is 6.02. The molecule has 10 heteroatoms. The molecule has 0 atom stereocenters. The van der Waals surface area contributed by atoms with Gasteiger partial charge >= 0.3 is 0 Å². The Labute approximate surface area is 205 Å². The Balaban J connectivity index is 1.67. The predicted molar refractivity (Wildman–Crippen MR) is 130 cm³/mol. The lowest BCUT2D eigenvalue weighted by Crippen LogP contribution is -2.13. The van der Waals surface area contributed by atoms with E-state index in [0.29, 0.717) is 50.5 Å². The molecule has 8 nitrogen and oxygen atoms in total. The molecule has 1 N–H and O–H groups in total. The van der Waals surface area contributed by atoms with Crippen LogP contribution in [-0.2, 0) is 0 Å². The molecular weight excluding hydrogens is 483 g/mol.